The summed E-state index contributed by atoms with van der Waals surface area (Å²) in [5, 5.41) is 0. The fourth-order valence-electron chi connectivity index (χ4n) is 13.5. The van der Waals surface area contributed by atoms with Crippen LogP contribution in [0.5, 0.6) is 0 Å². The van der Waals surface area contributed by atoms with Crippen molar-refractivity contribution < 1.29 is 17.4 Å². The quantitative estimate of drug-likeness (QED) is 0.111. The first-order valence-corrected chi connectivity index (χ1v) is 37.6. The van der Waals surface area contributed by atoms with Gasteiger partial charge in [0.15, 0.2) is 0 Å². The first-order valence-electron chi connectivity index (χ1n) is 23.9. The number of hydrogen-bond donors (Lipinski definition) is 0. The molecule has 0 aliphatic heterocycles. The van der Waals surface area contributed by atoms with E-state index in [1.54, 1.807) is 22.3 Å². The minimum atomic E-state index is -3.96. The summed E-state index contributed by atoms with van der Waals surface area (Å²) in [5.74, 6) is 0. The van der Waals surface area contributed by atoms with Gasteiger partial charge in [0.1, 0.15) is 0 Å². The normalized spacial score (nSPS) is 20.6. The molecule has 0 amide bonds. The molecule has 4 heteroatoms. The molecular weight excluding hydrogens is 863 g/mol. The monoisotopic (exact) mass is 936 g/mol. The predicted octanol–water partition coefficient (Wildman–Crippen LogP) is 17.2. The number of allylic oxidation sites excluding steroid dienone is 2. The summed E-state index contributed by atoms with van der Waals surface area (Å²) in [6.07, 6.45) is 29.8. The van der Waals surface area contributed by atoms with Crippen molar-refractivity contribution in [1.29, 1.82) is 0 Å². The van der Waals surface area contributed by atoms with Crippen molar-refractivity contribution >= 4 is 43.8 Å². The molecule has 4 aromatic rings. The molecule has 0 aromatic heterocycles. The van der Waals surface area contributed by atoms with Gasteiger partial charge in [-0.05, 0) is 0 Å². The Bertz CT molecular complexity index is 2060. The van der Waals surface area contributed by atoms with Gasteiger partial charge in [0.05, 0.1) is 0 Å². The summed E-state index contributed by atoms with van der Waals surface area (Å²) in [5.41, 5.74) is 19.5. The van der Waals surface area contributed by atoms with Crippen molar-refractivity contribution in [3.8, 4) is 22.3 Å². The van der Waals surface area contributed by atoms with Gasteiger partial charge in [0, 0.05) is 0 Å². The molecule has 4 aromatic carbocycles. The number of halogens is 2. The molecule has 0 radical (unpaired) electrons. The summed E-state index contributed by atoms with van der Waals surface area (Å²) in [4.78, 5) is 0. The molecule has 0 nitrogen and oxygen atoms in total. The summed E-state index contributed by atoms with van der Waals surface area (Å²) in [6.45, 7) is 12.0. The Labute approximate surface area is 380 Å². The van der Waals surface area contributed by atoms with Crippen LogP contribution in [0.25, 0.3) is 34.4 Å². The molecule has 0 N–H and O–H groups in total. The molecule has 0 saturated heterocycles. The zero-order valence-electron chi connectivity index (χ0n) is 38.1. The van der Waals surface area contributed by atoms with E-state index in [1.165, 1.54) is 136 Å². The number of benzene rings is 4. The van der Waals surface area contributed by atoms with Crippen LogP contribution in [-0.2, 0) is 30.2 Å². The molecule has 0 spiro atoms. The van der Waals surface area contributed by atoms with Crippen LogP contribution in [0.3, 0.4) is 0 Å². The van der Waals surface area contributed by atoms with Crippen LogP contribution in [0, 0.1) is 10.8 Å². The Balaban J connectivity index is 0.00000302. The fraction of sp³-hybridized carbons (Fsp3) is 0.500. The van der Waals surface area contributed by atoms with Gasteiger partial charge < -0.3 is 0 Å². The van der Waals surface area contributed by atoms with E-state index < -0.39 is 17.4 Å². The van der Waals surface area contributed by atoms with Crippen LogP contribution in [0.4, 0.5) is 0 Å². The van der Waals surface area contributed by atoms with E-state index in [-0.39, 0.29) is 24.8 Å². The summed E-state index contributed by atoms with van der Waals surface area (Å²) in [7, 11) is 0. The standard InChI is InChI=1S/2C27H33.2CH3.2ClH.H2Si.Zr/c2*1-3-15-27(16-6-5-7-17-27)20-22-18-24-9-8-10-25(26(24)19-22)23-13-11-21(4-2)12-14-23;;;;;;/h2*8-14,18-19H,3-7,15-17,20H2,1-2H3;2*1H3;2*1H;1H2;. The zero-order chi connectivity index (χ0) is 40.6. The number of rotatable bonds is 14. The topological polar surface area (TPSA) is 0 Å². The zero-order valence-corrected chi connectivity index (χ0v) is 43.6. The molecule has 2 saturated carbocycles. The van der Waals surface area contributed by atoms with E-state index in [9.17, 15) is 0 Å². The Morgan fingerprint density at radius 1 is 0.517 bits per heavy atom. The summed E-state index contributed by atoms with van der Waals surface area (Å²) < 4.78 is 6.96. The number of hydrogen-bond acceptors (Lipinski definition) is 0. The molecule has 2 fully saturated rings. The Morgan fingerprint density at radius 2 is 0.883 bits per heavy atom. The van der Waals surface area contributed by atoms with Crippen molar-refractivity contribution in [2.45, 2.75) is 160 Å². The van der Waals surface area contributed by atoms with E-state index in [1.807, 2.05) is 11.1 Å². The van der Waals surface area contributed by atoms with Gasteiger partial charge in [0.25, 0.3) is 0 Å². The third kappa shape index (κ3) is 9.17. The summed E-state index contributed by atoms with van der Waals surface area (Å²) >= 11 is -3.96. The smallest absolute Gasteiger partial charge is 0.147 e. The van der Waals surface area contributed by atoms with E-state index in [2.05, 4.69) is 141 Å². The van der Waals surface area contributed by atoms with Crippen molar-refractivity contribution in [1.82, 2.24) is 0 Å². The van der Waals surface area contributed by atoms with E-state index in [0.717, 1.165) is 12.8 Å². The van der Waals surface area contributed by atoms with Crippen molar-refractivity contribution in [3.63, 3.8) is 0 Å². The fourth-order valence-corrected chi connectivity index (χ4v) is 33.2. The minimum absolute atomic E-state index is 0. The Hall–Kier alpha value is -1.96. The van der Waals surface area contributed by atoms with Crippen molar-refractivity contribution in [2.24, 2.45) is 10.8 Å². The molecule has 4 aliphatic carbocycles. The minimum Gasteiger partial charge on any atom is -0.147 e. The first-order chi connectivity index (χ1) is 28.0. The SMILES string of the molecule is CCCC1(CC2=Cc3c(-c4ccc(CC)cc4)cccc3[CH]2[Zr]([CH3])([CH3])(=[SiH2])[CH]2C(CC3(CCC)CCCCC3)=Cc3c(-c4ccc(CC)cc4)cccc32)CCCCC1.Cl.Cl. The van der Waals surface area contributed by atoms with Crippen LogP contribution < -0.4 is 0 Å². The van der Waals surface area contributed by atoms with E-state index in [0.29, 0.717) is 18.1 Å². The predicted molar refractivity (Wildman–Crippen MR) is 269 cm³/mol. The summed E-state index contributed by atoms with van der Waals surface area (Å²) in [6, 6.07) is 34.0. The molecule has 322 valence electrons. The van der Waals surface area contributed by atoms with Crippen molar-refractivity contribution in [2.75, 3.05) is 0 Å². The molecule has 0 heterocycles. The average molecular weight is 939 g/mol. The first kappa shape index (κ1) is 47.5. The van der Waals surface area contributed by atoms with Gasteiger partial charge >= 0.3 is 359 Å². The second-order valence-electron chi connectivity index (χ2n) is 20.9. The van der Waals surface area contributed by atoms with Gasteiger partial charge in [-0.15, -0.1) is 24.8 Å². The van der Waals surface area contributed by atoms with Crippen LogP contribution in [0.15, 0.2) is 96.1 Å². The van der Waals surface area contributed by atoms with Crippen molar-refractivity contribution in [3.05, 3.63) is 129 Å². The maximum Gasteiger partial charge on any atom is -0.147 e. The third-order valence-electron chi connectivity index (χ3n) is 16.1. The maximum absolute atomic E-state index is 3.96. The van der Waals surface area contributed by atoms with Gasteiger partial charge in [0.2, 0.25) is 0 Å². The number of fused-ring (bicyclic) bond motifs is 2. The average Bonchev–Trinajstić information content (AvgIpc) is 3.80. The molecule has 2 unspecified atom stereocenters. The van der Waals surface area contributed by atoms with Crippen LogP contribution in [-0.4, -0.2) is 6.88 Å². The van der Waals surface area contributed by atoms with Crippen LogP contribution in [0.2, 0.25) is 9.26 Å². The third-order valence-corrected chi connectivity index (χ3v) is 33.6. The van der Waals surface area contributed by atoms with Gasteiger partial charge in [-0.25, -0.2) is 0 Å². The molecule has 8 rings (SSSR count). The van der Waals surface area contributed by atoms with Crippen LogP contribution in [0.1, 0.15) is 171 Å². The second-order valence-corrected chi connectivity index (χ2v) is 51.4. The van der Waals surface area contributed by atoms with E-state index >= 15 is 0 Å². The molecule has 4 aliphatic rings. The molecule has 2 atom stereocenters. The van der Waals surface area contributed by atoms with Gasteiger partial charge in [-0.1, -0.05) is 0 Å². The maximum atomic E-state index is 2.94. The van der Waals surface area contributed by atoms with Gasteiger partial charge in [-0.2, -0.15) is 0 Å². The van der Waals surface area contributed by atoms with E-state index in [4.69, 9.17) is 0 Å². The Morgan fingerprint density at radius 3 is 1.22 bits per heavy atom. The van der Waals surface area contributed by atoms with Crippen LogP contribution >= 0.6 is 24.8 Å². The molecule has 0 bridgehead atoms. The number of aryl methyl sites for hydroxylation is 2. The second kappa shape index (κ2) is 19.4. The molecule has 60 heavy (non-hydrogen) atoms. The van der Waals surface area contributed by atoms with Gasteiger partial charge in [-0.3, -0.25) is 0 Å². The molecular formula is C56H76Cl2SiZr. The largest absolute Gasteiger partial charge is 0.147 e. The Kier molecular flexibility index (Phi) is 15.4.